The number of thiophene rings is 1. The Balaban J connectivity index is 1.47. The molecule has 2 aliphatic rings. The van der Waals surface area contributed by atoms with Gasteiger partial charge in [-0.05, 0) is 54.7 Å². The predicted molar refractivity (Wildman–Crippen MR) is 118 cm³/mol. The molecule has 2 saturated heterocycles. The highest BCUT2D eigenvalue weighted by Gasteiger charge is 2.45. The number of rotatable bonds is 2. The van der Waals surface area contributed by atoms with E-state index in [4.69, 9.17) is 11.6 Å². The Labute approximate surface area is 182 Å². The fourth-order valence-electron chi connectivity index (χ4n) is 4.54. The molecule has 2 aliphatic heterocycles. The quantitative estimate of drug-likeness (QED) is 0.595. The molecule has 3 heterocycles. The fraction of sp³-hybridized carbons (Fsp3) is 0.304. The van der Waals surface area contributed by atoms with Crippen molar-refractivity contribution in [3.63, 3.8) is 0 Å². The first-order valence-corrected chi connectivity index (χ1v) is 11.1. The Morgan fingerprint density at radius 2 is 2.07 bits per heavy atom. The number of nitrogens with zero attached hydrogens (tertiary/aromatic N) is 1. The lowest BCUT2D eigenvalue weighted by Gasteiger charge is -2.23. The first kappa shape index (κ1) is 19.5. The van der Waals surface area contributed by atoms with Crippen LogP contribution in [0.4, 0.5) is 4.39 Å². The van der Waals surface area contributed by atoms with Crippen LogP contribution in [-0.4, -0.2) is 35.3 Å². The van der Waals surface area contributed by atoms with Gasteiger partial charge in [0.2, 0.25) is 5.91 Å². The number of hydrogen-bond donors (Lipinski definition) is 1. The van der Waals surface area contributed by atoms with Gasteiger partial charge in [-0.3, -0.25) is 9.59 Å². The second-order valence-electron chi connectivity index (χ2n) is 8.22. The summed E-state index contributed by atoms with van der Waals surface area (Å²) in [5, 5.41) is 4.33. The average molecular weight is 443 g/mol. The Bertz CT molecular complexity index is 1210. The average Bonchev–Trinajstić information content (AvgIpc) is 3.41. The number of fused-ring (bicyclic) bond motifs is 1. The molecular formula is C23H20ClFN2O2S. The van der Waals surface area contributed by atoms with Crippen molar-refractivity contribution in [1.29, 1.82) is 0 Å². The number of likely N-dealkylation sites (tertiary alicyclic amines) is 1. The summed E-state index contributed by atoms with van der Waals surface area (Å²) in [6.45, 7) is 3.08. The summed E-state index contributed by atoms with van der Waals surface area (Å²) in [6, 6.07) is 10.5. The highest BCUT2D eigenvalue weighted by molar-refractivity contribution is 7.21. The normalized spacial score (nSPS) is 21.0. The second-order valence-corrected chi connectivity index (χ2v) is 9.65. The number of hydrogen-bond acceptors (Lipinski definition) is 3. The van der Waals surface area contributed by atoms with E-state index in [-0.39, 0.29) is 23.2 Å². The summed E-state index contributed by atoms with van der Waals surface area (Å²) in [5.74, 6) is -0.315. The molecule has 1 unspecified atom stereocenters. The van der Waals surface area contributed by atoms with E-state index in [1.54, 1.807) is 11.0 Å². The van der Waals surface area contributed by atoms with Crippen LogP contribution in [0, 0.1) is 12.7 Å². The molecule has 2 fully saturated rings. The predicted octanol–water partition coefficient (Wildman–Crippen LogP) is 5.16. The van der Waals surface area contributed by atoms with Gasteiger partial charge < -0.3 is 10.2 Å². The van der Waals surface area contributed by atoms with Gasteiger partial charge in [0.05, 0.1) is 10.6 Å². The molecule has 1 spiro atoms. The summed E-state index contributed by atoms with van der Waals surface area (Å²) in [6.07, 6.45) is 2.07. The van der Waals surface area contributed by atoms with E-state index in [9.17, 15) is 14.0 Å². The van der Waals surface area contributed by atoms with Crippen LogP contribution in [0.3, 0.4) is 0 Å². The van der Waals surface area contributed by atoms with Gasteiger partial charge >= 0.3 is 0 Å². The van der Waals surface area contributed by atoms with E-state index in [1.807, 2.05) is 25.1 Å². The SMILES string of the molecule is Cc1ccc(F)cc1-c1ccc2c(Cl)c(C(=O)N3CCC4(CCC(=O)N4)C3)sc2c1. The Hall–Kier alpha value is -2.44. The molecule has 0 bridgehead atoms. The van der Waals surface area contributed by atoms with Crippen LogP contribution in [0.25, 0.3) is 21.2 Å². The molecule has 0 saturated carbocycles. The van der Waals surface area contributed by atoms with Gasteiger partial charge in [-0.25, -0.2) is 4.39 Å². The number of carbonyl (C=O) groups excluding carboxylic acids is 2. The van der Waals surface area contributed by atoms with Gasteiger partial charge in [-0.15, -0.1) is 11.3 Å². The maximum atomic E-state index is 13.7. The maximum absolute atomic E-state index is 13.7. The number of halogens is 2. The van der Waals surface area contributed by atoms with E-state index in [0.29, 0.717) is 29.4 Å². The number of carbonyl (C=O) groups is 2. The van der Waals surface area contributed by atoms with Gasteiger partial charge in [0, 0.05) is 29.6 Å². The summed E-state index contributed by atoms with van der Waals surface area (Å²) in [4.78, 5) is 27.2. The number of amides is 2. The summed E-state index contributed by atoms with van der Waals surface area (Å²) < 4.78 is 14.6. The minimum absolute atomic E-state index is 0.0596. The van der Waals surface area contributed by atoms with Gasteiger partial charge in [0.25, 0.3) is 5.91 Å². The smallest absolute Gasteiger partial charge is 0.265 e. The van der Waals surface area contributed by atoms with Crippen LogP contribution in [0.15, 0.2) is 36.4 Å². The van der Waals surface area contributed by atoms with E-state index < -0.39 is 0 Å². The van der Waals surface area contributed by atoms with Crippen molar-refractivity contribution >= 4 is 44.8 Å². The fourth-order valence-corrected chi connectivity index (χ4v) is 6.06. The Morgan fingerprint density at radius 3 is 2.83 bits per heavy atom. The molecule has 0 aliphatic carbocycles. The third kappa shape index (κ3) is 3.19. The van der Waals surface area contributed by atoms with E-state index >= 15 is 0 Å². The van der Waals surface area contributed by atoms with Crippen molar-refractivity contribution in [2.75, 3.05) is 13.1 Å². The van der Waals surface area contributed by atoms with Crippen molar-refractivity contribution in [3.8, 4) is 11.1 Å². The monoisotopic (exact) mass is 442 g/mol. The van der Waals surface area contributed by atoms with E-state index in [0.717, 1.165) is 39.6 Å². The van der Waals surface area contributed by atoms with Gasteiger partial charge in [0.15, 0.2) is 0 Å². The van der Waals surface area contributed by atoms with Crippen LogP contribution in [0.2, 0.25) is 5.02 Å². The highest BCUT2D eigenvalue weighted by atomic mass is 35.5. The highest BCUT2D eigenvalue weighted by Crippen LogP contribution is 2.40. The van der Waals surface area contributed by atoms with Crippen LogP contribution in [-0.2, 0) is 4.79 Å². The molecule has 30 heavy (non-hydrogen) atoms. The van der Waals surface area contributed by atoms with Crippen LogP contribution in [0.1, 0.15) is 34.5 Å². The third-order valence-corrected chi connectivity index (χ3v) is 7.86. The van der Waals surface area contributed by atoms with Gasteiger partial charge in [-0.2, -0.15) is 0 Å². The molecule has 4 nitrogen and oxygen atoms in total. The molecular weight excluding hydrogens is 423 g/mol. The second kappa shape index (κ2) is 7.06. The molecule has 154 valence electrons. The van der Waals surface area contributed by atoms with Crippen LogP contribution in [0.5, 0.6) is 0 Å². The lowest BCUT2D eigenvalue weighted by molar-refractivity contribution is -0.119. The lowest BCUT2D eigenvalue weighted by atomic mass is 9.97. The minimum atomic E-state index is -0.280. The molecule has 7 heteroatoms. The molecule has 0 radical (unpaired) electrons. The van der Waals surface area contributed by atoms with Crippen molar-refractivity contribution < 1.29 is 14.0 Å². The maximum Gasteiger partial charge on any atom is 0.265 e. The van der Waals surface area contributed by atoms with Crippen LogP contribution < -0.4 is 5.32 Å². The zero-order valence-corrected chi connectivity index (χ0v) is 18.0. The Morgan fingerprint density at radius 1 is 1.23 bits per heavy atom. The molecule has 1 atom stereocenters. The Kier molecular flexibility index (Phi) is 4.60. The van der Waals surface area contributed by atoms with Crippen molar-refractivity contribution in [3.05, 3.63) is 57.7 Å². The molecule has 1 N–H and O–H groups in total. The number of nitrogens with one attached hydrogen (secondary N) is 1. The molecule has 2 aromatic carbocycles. The minimum Gasteiger partial charge on any atom is -0.349 e. The number of benzene rings is 2. The van der Waals surface area contributed by atoms with Gasteiger partial charge in [0.1, 0.15) is 10.7 Å². The number of aryl methyl sites for hydroxylation is 1. The summed E-state index contributed by atoms with van der Waals surface area (Å²) in [5.41, 5.74) is 2.42. The van der Waals surface area contributed by atoms with E-state index in [1.165, 1.54) is 23.5 Å². The lowest BCUT2D eigenvalue weighted by Crippen LogP contribution is -2.44. The molecule has 3 aromatic rings. The van der Waals surface area contributed by atoms with Crippen molar-refractivity contribution in [1.82, 2.24) is 10.2 Å². The van der Waals surface area contributed by atoms with Crippen LogP contribution >= 0.6 is 22.9 Å². The zero-order valence-electron chi connectivity index (χ0n) is 16.4. The largest absolute Gasteiger partial charge is 0.349 e. The molecule has 1 aromatic heterocycles. The topological polar surface area (TPSA) is 49.4 Å². The molecule has 2 amide bonds. The van der Waals surface area contributed by atoms with Gasteiger partial charge in [-0.1, -0.05) is 29.8 Å². The zero-order chi connectivity index (χ0) is 21.0. The standard InChI is InChI=1S/C23H20ClFN2O2S/c1-13-2-4-15(25)11-17(13)14-3-5-16-18(10-14)30-21(20(16)24)22(29)27-9-8-23(12-27)7-6-19(28)26-23/h2-5,10-11H,6-9,12H2,1H3,(H,26,28). The summed E-state index contributed by atoms with van der Waals surface area (Å²) >= 11 is 7.96. The first-order chi connectivity index (χ1) is 14.3. The van der Waals surface area contributed by atoms with Crippen molar-refractivity contribution in [2.24, 2.45) is 0 Å². The third-order valence-electron chi connectivity index (χ3n) is 6.21. The molecule has 5 rings (SSSR count). The van der Waals surface area contributed by atoms with Crippen molar-refractivity contribution in [2.45, 2.75) is 31.7 Å². The van der Waals surface area contributed by atoms with E-state index in [2.05, 4.69) is 5.32 Å². The summed E-state index contributed by atoms with van der Waals surface area (Å²) in [7, 11) is 0. The first-order valence-electron chi connectivity index (χ1n) is 9.94.